The van der Waals surface area contributed by atoms with E-state index in [2.05, 4.69) is 34.2 Å². The quantitative estimate of drug-likeness (QED) is 0.663. The highest BCUT2D eigenvalue weighted by atomic mass is 16.7. The fourth-order valence-electron chi connectivity index (χ4n) is 4.26. The maximum Gasteiger partial charge on any atom is 0.283 e. The molecule has 5 rings (SSSR count). The number of likely N-dealkylation sites (tertiary alicyclic amines) is 1. The monoisotopic (exact) mass is 381 g/mol. The lowest BCUT2D eigenvalue weighted by molar-refractivity contribution is 0.0898. The Morgan fingerprint density at radius 3 is 2.96 bits per heavy atom. The minimum absolute atomic E-state index is 0.190. The molecule has 0 bridgehead atoms. The van der Waals surface area contributed by atoms with Crippen LogP contribution in [-0.4, -0.2) is 35.0 Å². The Hall–Kier alpha value is -2.80. The predicted octanol–water partition coefficient (Wildman–Crippen LogP) is 3.90. The summed E-state index contributed by atoms with van der Waals surface area (Å²) in [5.74, 6) is 3.34. The summed E-state index contributed by atoms with van der Waals surface area (Å²) in [6.45, 7) is 5.35. The van der Waals surface area contributed by atoms with Crippen LogP contribution in [0.1, 0.15) is 31.2 Å². The Labute approximate surface area is 163 Å². The van der Waals surface area contributed by atoms with Crippen molar-refractivity contribution >= 4 is 0 Å². The van der Waals surface area contributed by atoms with Crippen molar-refractivity contribution in [2.45, 2.75) is 32.7 Å². The number of piperidine rings is 1. The molecule has 1 aromatic carbocycles. The van der Waals surface area contributed by atoms with Gasteiger partial charge in [-0.1, -0.05) is 13.0 Å². The van der Waals surface area contributed by atoms with Gasteiger partial charge < -0.3 is 18.3 Å². The van der Waals surface area contributed by atoms with E-state index in [1.807, 2.05) is 18.2 Å². The number of furan rings is 1. The lowest BCUT2D eigenvalue weighted by atomic mass is 9.77. The number of benzene rings is 1. The van der Waals surface area contributed by atoms with E-state index in [9.17, 15) is 0 Å². The number of aromatic nitrogens is 2. The third-order valence-corrected chi connectivity index (χ3v) is 5.49. The summed E-state index contributed by atoms with van der Waals surface area (Å²) in [6.07, 6.45) is 4.95. The van der Waals surface area contributed by atoms with Gasteiger partial charge in [-0.3, -0.25) is 4.90 Å². The summed E-state index contributed by atoms with van der Waals surface area (Å²) in [7, 11) is 0. The molecule has 2 aliphatic heterocycles. The van der Waals surface area contributed by atoms with Crippen molar-refractivity contribution in [1.82, 2.24) is 15.1 Å². The Morgan fingerprint density at radius 2 is 2.07 bits per heavy atom. The Morgan fingerprint density at radius 1 is 1.14 bits per heavy atom. The summed E-state index contributed by atoms with van der Waals surface area (Å²) in [5.41, 5.74) is 1.47. The summed E-state index contributed by atoms with van der Waals surface area (Å²) in [4.78, 5) is 2.40. The third kappa shape index (κ3) is 3.49. The molecular formula is C21H23N3O4. The predicted molar refractivity (Wildman–Crippen MR) is 101 cm³/mol. The van der Waals surface area contributed by atoms with E-state index in [1.165, 1.54) is 12.0 Å². The van der Waals surface area contributed by atoms with E-state index in [0.29, 0.717) is 30.9 Å². The highest BCUT2D eigenvalue weighted by Gasteiger charge is 2.32. The second kappa shape index (κ2) is 6.98. The van der Waals surface area contributed by atoms with Crippen molar-refractivity contribution in [3.8, 4) is 23.1 Å². The Bertz CT molecular complexity index is 952. The molecule has 1 saturated heterocycles. The van der Waals surface area contributed by atoms with E-state index >= 15 is 0 Å². The van der Waals surface area contributed by atoms with Gasteiger partial charge in [0, 0.05) is 6.54 Å². The summed E-state index contributed by atoms with van der Waals surface area (Å²) in [5, 5.41) is 8.29. The van der Waals surface area contributed by atoms with Gasteiger partial charge in [-0.05, 0) is 61.1 Å². The van der Waals surface area contributed by atoms with Crippen molar-refractivity contribution in [2.75, 3.05) is 19.9 Å². The number of ether oxygens (including phenoxy) is 2. The largest absolute Gasteiger partial charge is 0.459 e. The molecule has 1 fully saturated rings. The molecule has 0 amide bonds. The molecule has 1 atom stereocenters. The maximum absolute atomic E-state index is 5.78. The number of nitrogens with zero attached hydrogens (tertiary/aromatic N) is 3. The van der Waals surface area contributed by atoms with Crippen LogP contribution in [0, 0.1) is 5.41 Å². The number of fused-ring (bicyclic) bond motifs is 1. The average molecular weight is 381 g/mol. The van der Waals surface area contributed by atoms with Crippen molar-refractivity contribution in [3.05, 3.63) is 48.0 Å². The average Bonchev–Trinajstić information content (AvgIpc) is 3.42. The molecule has 0 N–H and O–H groups in total. The first-order valence-corrected chi connectivity index (χ1v) is 9.64. The van der Waals surface area contributed by atoms with Crippen molar-refractivity contribution in [1.29, 1.82) is 0 Å². The smallest absolute Gasteiger partial charge is 0.283 e. The number of hydrogen-bond donors (Lipinski definition) is 0. The van der Waals surface area contributed by atoms with Crippen LogP contribution in [0.5, 0.6) is 11.5 Å². The molecule has 146 valence electrons. The van der Waals surface area contributed by atoms with Gasteiger partial charge in [-0.25, -0.2) is 0 Å². The second-order valence-electron chi connectivity index (χ2n) is 7.97. The molecule has 2 aromatic heterocycles. The van der Waals surface area contributed by atoms with Gasteiger partial charge in [0.05, 0.1) is 12.8 Å². The minimum atomic E-state index is 0.190. The van der Waals surface area contributed by atoms with Gasteiger partial charge in [0.1, 0.15) is 0 Å². The topological polar surface area (TPSA) is 73.8 Å². The molecule has 2 aliphatic rings. The van der Waals surface area contributed by atoms with Gasteiger partial charge in [0.15, 0.2) is 17.3 Å². The van der Waals surface area contributed by atoms with E-state index in [1.54, 1.807) is 6.26 Å². The number of hydrogen-bond acceptors (Lipinski definition) is 7. The van der Waals surface area contributed by atoms with Crippen molar-refractivity contribution < 1.29 is 18.3 Å². The molecule has 0 saturated carbocycles. The first-order chi connectivity index (χ1) is 13.7. The molecule has 7 nitrogen and oxygen atoms in total. The zero-order valence-electron chi connectivity index (χ0n) is 15.9. The fraction of sp³-hybridized carbons (Fsp3) is 0.429. The van der Waals surface area contributed by atoms with Crippen LogP contribution in [-0.2, 0) is 13.0 Å². The highest BCUT2D eigenvalue weighted by molar-refractivity contribution is 5.45. The van der Waals surface area contributed by atoms with Gasteiger partial charge in [0.2, 0.25) is 12.7 Å². The van der Waals surface area contributed by atoms with Gasteiger partial charge >= 0.3 is 0 Å². The van der Waals surface area contributed by atoms with Crippen LogP contribution < -0.4 is 9.47 Å². The van der Waals surface area contributed by atoms with Crippen LogP contribution >= 0.6 is 0 Å². The maximum atomic E-state index is 5.78. The van der Waals surface area contributed by atoms with E-state index in [0.717, 1.165) is 37.4 Å². The van der Waals surface area contributed by atoms with Crippen LogP contribution in [0.3, 0.4) is 0 Å². The van der Waals surface area contributed by atoms with Crippen LogP contribution in [0.4, 0.5) is 0 Å². The van der Waals surface area contributed by atoms with Crippen molar-refractivity contribution in [3.63, 3.8) is 0 Å². The summed E-state index contributed by atoms with van der Waals surface area (Å²) >= 11 is 0. The summed E-state index contributed by atoms with van der Waals surface area (Å²) < 4.78 is 22.1. The Kier molecular flexibility index (Phi) is 4.31. The third-order valence-electron chi connectivity index (χ3n) is 5.49. The molecule has 0 radical (unpaired) electrons. The van der Waals surface area contributed by atoms with Gasteiger partial charge in [-0.15, -0.1) is 10.2 Å². The van der Waals surface area contributed by atoms with E-state index < -0.39 is 0 Å². The molecule has 7 heteroatoms. The highest BCUT2D eigenvalue weighted by Crippen LogP contribution is 2.38. The Balaban J connectivity index is 1.25. The SMILES string of the molecule is C[C@]1(Cc2ccc3c(c2)OCO3)CCCN(Cc2nnc(-c3ccco3)o2)C1. The summed E-state index contributed by atoms with van der Waals surface area (Å²) in [6, 6.07) is 9.90. The molecule has 3 aromatic rings. The van der Waals surface area contributed by atoms with E-state index in [4.69, 9.17) is 18.3 Å². The lowest BCUT2D eigenvalue weighted by Crippen LogP contribution is -2.42. The van der Waals surface area contributed by atoms with Gasteiger partial charge in [0.25, 0.3) is 5.89 Å². The normalized spacial score (nSPS) is 21.9. The molecule has 28 heavy (non-hydrogen) atoms. The zero-order chi connectivity index (χ0) is 19.0. The van der Waals surface area contributed by atoms with Crippen LogP contribution in [0.15, 0.2) is 45.4 Å². The molecule has 0 aliphatic carbocycles. The molecule has 0 unspecified atom stereocenters. The fourth-order valence-corrected chi connectivity index (χ4v) is 4.26. The second-order valence-corrected chi connectivity index (χ2v) is 7.97. The zero-order valence-corrected chi connectivity index (χ0v) is 15.9. The lowest BCUT2D eigenvalue weighted by Gasteiger charge is -2.40. The van der Waals surface area contributed by atoms with Crippen LogP contribution in [0.2, 0.25) is 0 Å². The number of rotatable bonds is 5. The molecule has 0 spiro atoms. The van der Waals surface area contributed by atoms with Crippen molar-refractivity contribution in [2.24, 2.45) is 5.41 Å². The molecule has 4 heterocycles. The minimum Gasteiger partial charge on any atom is -0.459 e. The van der Waals surface area contributed by atoms with Gasteiger partial charge in [-0.2, -0.15) is 0 Å². The molecular weight excluding hydrogens is 358 g/mol. The first kappa shape index (κ1) is 17.3. The van der Waals surface area contributed by atoms with E-state index in [-0.39, 0.29) is 5.41 Å². The first-order valence-electron chi connectivity index (χ1n) is 9.64. The standard InChI is InChI=1S/C21H23N3O4/c1-21(11-15-5-6-16-18(10-15)27-14-26-16)7-3-8-24(13-21)12-19-22-23-20(28-19)17-4-2-9-25-17/h2,4-6,9-10H,3,7-8,11-14H2,1H3/t21-/m1/s1. The van der Waals surface area contributed by atoms with Crippen LogP contribution in [0.25, 0.3) is 11.7 Å².